The molecule has 0 aromatic heterocycles. The normalized spacial score (nSPS) is 11.2. The summed E-state index contributed by atoms with van der Waals surface area (Å²) in [6.45, 7) is 0. The molecular weight excluding hydrogens is 324 g/mol. The molecule has 0 aliphatic carbocycles. The van der Waals surface area contributed by atoms with Crippen LogP contribution in [0.1, 0.15) is 0 Å². The number of aromatic nitrogens is 4. The summed E-state index contributed by atoms with van der Waals surface area (Å²) < 4.78 is 2.95. The van der Waals surface area contributed by atoms with Crippen LogP contribution in [-0.2, 0) is 0 Å². The van der Waals surface area contributed by atoms with Gasteiger partial charge in [0.1, 0.15) is 0 Å². The Hall–Kier alpha value is -2.93. The number of thioether (sulfide) groups is 1. The first-order valence-corrected chi connectivity index (χ1v) is 8.46. The molecule has 118 valence electrons. The second-order valence-corrected chi connectivity index (χ2v) is 6.06. The zero-order valence-corrected chi connectivity index (χ0v) is 13.5. The molecule has 0 fully saturated rings. The average molecular weight is 336 g/mol. The summed E-state index contributed by atoms with van der Waals surface area (Å²) in [5.41, 5.74) is 1.17. The van der Waals surface area contributed by atoms with Gasteiger partial charge in [-0.05, 0) is 36.6 Å². The Morgan fingerprint density at radius 2 is 1.67 bits per heavy atom. The largest absolute Gasteiger partial charge is 0.372 e. The molecule has 4 rings (SSSR count). The van der Waals surface area contributed by atoms with E-state index in [1.807, 2.05) is 54.8 Å². The highest BCUT2D eigenvalue weighted by Crippen LogP contribution is 2.23. The third-order valence-electron chi connectivity index (χ3n) is 3.81. The highest BCUT2D eigenvalue weighted by atomic mass is 32.2. The van der Waals surface area contributed by atoms with Crippen LogP contribution in [0.4, 0.5) is 0 Å². The monoisotopic (exact) mass is 336 g/mol. The lowest BCUT2D eigenvalue weighted by atomic mass is 10.2. The van der Waals surface area contributed by atoms with Crippen molar-refractivity contribution in [3.8, 4) is 11.5 Å². The number of nitrogens with zero attached hydrogens (tertiary/aromatic N) is 4. The lowest BCUT2D eigenvalue weighted by molar-refractivity contribution is 1.02. The van der Waals surface area contributed by atoms with Crippen LogP contribution in [-0.4, -0.2) is 25.6 Å². The van der Waals surface area contributed by atoms with Crippen molar-refractivity contribution in [2.45, 2.75) is 4.90 Å². The van der Waals surface area contributed by atoms with E-state index in [1.54, 1.807) is 16.3 Å². The van der Waals surface area contributed by atoms with Crippen LogP contribution in [0.15, 0.2) is 69.1 Å². The maximum absolute atomic E-state index is 12.8. The summed E-state index contributed by atoms with van der Waals surface area (Å²) in [6, 6.07) is 16.3. The quantitative estimate of drug-likeness (QED) is 0.524. The highest BCUT2D eigenvalue weighted by Gasteiger charge is 2.16. The lowest BCUT2D eigenvalue weighted by Crippen LogP contribution is -2.15. The first-order chi connectivity index (χ1) is 11.7. The van der Waals surface area contributed by atoms with Gasteiger partial charge in [0.05, 0.1) is 11.0 Å². The van der Waals surface area contributed by atoms with Crippen LogP contribution < -0.4 is 11.2 Å². The summed E-state index contributed by atoms with van der Waals surface area (Å²) in [5.74, 6) is 0.238. The number of para-hydroxylation sites is 1. The van der Waals surface area contributed by atoms with Gasteiger partial charge in [-0.3, -0.25) is 9.36 Å². The molecule has 2 aromatic rings. The van der Waals surface area contributed by atoms with Crippen LogP contribution in [0.25, 0.3) is 22.5 Å². The molecular formula is C17H12N4O2S. The molecule has 0 spiro atoms. The highest BCUT2D eigenvalue weighted by molar-refractivity contribution is 7.98. The predicted molar refractivity (Wildman–Crippen MR) is 93.7 cm³/mol. The smallest absolute Gasteiger partial charge is 0.275 e. The van der Waals surface area contributed by atoms with Gasteiger partial charge >= 0.3 is 5.69 Å². The van der Waals surface area contributed by atoms with Crippen molar-refractivity contribution in [2.75, 3.05) is 6.26 Å². The van der Waals surface area contributed by atoms with Gasteiger partial charge in [-0.25, -0.2) is 9.36 Å². The number of fused-ring (bicyclic) bond motifs is 3. The first kappa shape index (κ1) is 14.6. The van der Waals surface area contributed by atoms with Gasteiger partial charge in [0.15, 0.2) is 5.82 Å². The number of hydrogen-bond acceptors (Lipinski definition) is 5. The number of hydrogen-bond donors (Lipinski definition) is 0. The molecule has 2 aliphatic rings. The van der Waals surface area contributed by atoms with E-state index in [2.05, 4.69) is 10.2 Å². The molecule has 0 N–H and O–H groups in total. The second-order valence-electron chi connectivity index (χ2n) is 5.18. The molecule has 0 unspecified atom stereocenters. The van der Waals surface area contributed by atoms with Crippen molar-refractivity contribution >= 4 is 22.8 Å². The van der Waals surface area contributed by atoms with Gasteiger partial charge in [-0.2, -0.15) is 0 Å². The van der Waals surface area contributed by atoms with E-state index in [0.29, 0.717) is 11.0 Å². The van der Waals surface area contributed by atoms with Crippen LogP contribution in [0.3, 0.4) is 0 Å². The maximum atomic E-state index is 12.8. The van der Waals surface area contributed by atoms with Crippen LogP contribution >= 0.6 is 11.8 Å². The Morgan fingerprint density at radius 1 is 0.875 bits per heavy atom. The third-order valence-corrected chi connectivity index (χ3v) is 4.54. The van der Waals surface area contributed by atoms with Crippen molar-refractivity contribution in [3.63, 3.8) is 0 Å². The van der Waals surface area contributed by atoms with Gasteiger partial charge in [0.25, 0.3) is 5.56 Å². The standard InChI is InChI=1S/C17H12N4O2S/c1-24-12-7-8-13-14(9-12)20(11-5-3-2-4-6-11)16(22)10-15-18-19-17(23)21(13)15/h2-10H,1H3. The van der Waals surface area contributed by atoms with Crippen molar-refractivity contribution in [3.05, 3.63) is 75.4 Å². The van der Waals surface area contributed by atoms with Gasteiger partial charge in [0, 0.05) is 16.6 Å². The van der Waals surface area contributed by atoms with E-state index in [4.69, 9.17) is 0 Å². The predicted octanol–water partition coefficient (Wildman–Crippen LogP) is 2.09. The summed E-state index contributed by atoms with van der Waals surface area (Å²) in [5, 5.41) is 7.39. The molecule has 0 saturated heterocycles. The van der Waals surface area contributed by atoms with Gasteiger partial charge in [0.2, 0.25) is 0 Å². The molecule has 2 aromatic carbocycles. The Kier molecular flexibility index (Phi) is 3.42. The number of benzene rings is 2. The molecule has 0 radical (unpaired) electrons. The molecule has 7 heteroatoms. The van der Waals surface area contributed by atoms with Gasteiger partial charge in [-0.15, -0.1) is 16.9 Å². The second kappa shape index (κ2) is 5.61. The molecule has 0 atom stereocenters. The summed E-state index contributed by atoms with van der Waals surface area (Å²) in [4.78, 5) is 25.9. The fraction of sp³-hybridized carbons (Fsp3) is 0.0588. The summed E-state index contributed by atoms with van der Waals surface area (Å²) in [7, 11) is 0. The molecule has 0 saturated carbocycles. The van der Waals surface area contributed by atoms with Crippen LogP contribution in [0.2, 0.25) is 0 Å². The zero-order chi connectivity index (χ0) is 16.7. The van der Waals surface area contributed by atoms with Crippen LogP contribution in [0, 0.1) is 0 Å². The minimum atomic E-state index is -0.498. The van der Waals surface area contributed by atoms with Gasteiger partial charge in [-0.1, -0.05) is 23.3 Å². The topological polar surface area (TPSA) is 69.8 Å². The Labute approximate surface area is 140 Å². The van der Waals surface area contributed by atoms with E-state index in [0.717, 1.165) is 10.6 Å². The van der Waals surface area contributed by atoms with Crippen molar-refractivity contribution in [1.29, 1.82) is 0 Å². The van der Waals surface area contributed by atoms with Crippen LogP contribution in [0.5, 0.6) is 0 Å². The van der Waals surface area contributed by atoms with E-state index >= 15 is 0 Å². The minimum Gasteiger partial charge on any atom is -0.275 e. The Bertz CT molecular complexity index is 1130. The summed E-state index contributed by atoms with van der Waals surface area (Å²) >= 11 is 1.57. The summed E-state index contributed by atoms with van der Waals surface area (Å²) in [6.07, 6.45) is 1.96. The van der Waals surface area contributed by atoms with Gasteiger partial charge < -0.3 is 0 Å². The SMILES string of the molecule is CSc1ccc2c(c1)n(-c1ccccc1)c(=O)cc1nnc(=O)n2-1. The Morgan fingerprint density at radius 3 is 2.42 bits per heavy atom. The maximum Gasteiger partial charge on any atom is 0.372 e. The van der Waals surface area contributed by atoms with Crippen molar-refractivity contribution < 1.29 is 0 Å². The molecule has 0 bridgehead atoms. The van der Waals surface area contributed by atoms with E-state index in [-0.39, 0.29) is 11.4 Å². The molecule has 0 amide bonds. The van der Waals surface area contributed by atoms with Crippen molar-refractivity contribution in [2.24, 2.45) is 0 Å². The lowest BCUT2D eigenvalue weighted by Gasteiger charge is -2.08. The van der Waals surface area contributed by atoms with E-state index in [9.17, 15) is 9.59 Å². The average Bonchev–Trinajstić information content (AvgIpc) is 2.90. The van der Waals surface area contributed by atoms with Crippen molar-refractivity contribution in [1.82, 2.24) is 19.3 Å². The fourth-order valence-electron chi connectivity index (χ4n) is 2.74. The molecule has 2 heterocycles. The Balaban J connectivity index is 2.28. The molecule has 6 nitrogen and oxygen atoms in total. The zero-order valence-electron chi connectivity index (χ0n) is 12.7. The first-order valence-electron chi connectivity index (χ1n) is 7.24. The van der Waals surface area contributed by atoms with E-state index < -0.39 is 5.69 Å². The minimum absolute atomic E-state index is 0.238. The van der Waals surface area contributed by atoms with E-state index in [1.165, 1.54) is 10.6 Å². The fourth-order valence-corrected chi connectivity index (χ4v) is 3.17. The number of rotatable bonds is 2. The third kappa shape index (κ3) is 2.21. The molecule has 24 heavy (non-hydrogen) atoms. The molecule has 2 aliphatic heterocycles.